The summed E-state index contributed by atoms with van der Waals surface area (Å²) < 4.78 is 7.75. The van der Waals surface area contributed by atoms with Gasteiger partial charge in [-0.05, 0) is 25.9 Å². The summed E-state index contributed by atoms with van der Waals surface area (Å²) in [6.07, 6.45) is 2.94. The zero-order valence-electron chi connectivity index (χ0n) is 13.0. The van der Waals surface area contributed by atoms with Crippen molar-refractivity contribution in [1.82, 2.24) is 9.13 Å². The van der Waals surface area contributed by atoms with Crippen molar-refractivity contribution in [3.8, 4) is 0 Å². The van der Waals surface area contributed by atoms with E-state index < -0.39 is 42.7 Å². The molecule has 1 aromatic rings. The average molecular weight is 330 g/mol. The Morgan fingerprint density at radius 1 is 1.32 bits per heavy atom. The highest BCUT2D eigenvalue weighted by Crippen LogP contribution is 2.39. The highest BCUT2D eigenvalue weighted by molar-refractivity contribution is 7.72. The molecular formula is C14H23N2O5P. The Morgan fingerprint density at radius 3 is 2.55 bits per heavy atom. The van der Waals surface area contributed by atoms with Crippen LogP contribution < -0.4 is 11.2 Å². The molecule has 0 aliphatic carbocycles. The molecule has 7 nitrogen and oxygen atoms in total. The van der Waals surface area contributed by atoms with Crippen molar-refractivity contribution >= 4 is 13.2 Å². The smallest absolute Gasteiger partial charge is 0.332 e. The lowest BCUT2D eigenvalue weighted by Crippen LogP contribution is -2.41. The summed E-state index contributed by atoms with van der Waals surface area (Å²) in [5, 5.41) is 20.3. The predicted molar refractivity (Wildman–Crippen MR) is 87.2 cm³/mol. The number of aromatic nitrogens is 2. The van der Waals surface area contributed by atoms with Gasteiger partial charge in [-0.15, -0.1) is 13.2 Å². The monoisotopic (exact) mass is 330 g/mol. The molecule has 1 fully saturated rings. The van der Waals surface area contributed by atoms with Gasteiger partial charge in [-0.3, -0.25) is 13.9 Å². The summed E-state index contributed by atoms with van der Waals surface area (Å²) in [6.45, 7) is 2.90. The molecule has 2 unspecified atom stereocenters. The van der Waals surface area contributed by atoms with E-state index in [0.29, 0.717) is 6.42 Å². The van der Waals surface area contributed by atoms with Crippen LogP contribution in [0.15, 0.2) is 21.9 Å². The second-order valence-electron chi connectivity index (χ2n) is 6.40. The lowest BCUT2D eigenvalue weighted by molar-refractivity contribution is -0.0408. The Hall–Kier alpha value is -1.14. The van der Waals surface area contributed by atoms with Crippen molar-refractivity contribution in [2.24, 2.45) is 7.05 Å². The van der Waals surface area contributed by atoms with Gasteiger partial charge in [-0.25, -0.2) is 4.79 Å². The van der Waals surface area contributed by atoms with Crippen molar-refractivity contribution in [3.05, 3.63) is 33.1 Å². The Balaban J connectivity index is 2.24. The molecule has 1 aliphatic heterocycles. The molecule has 0 aromatic carbocycles. The van der Waals surface area contributed by atoms with Gasteiger partial charge >= 0.3 is 5.69 Å². The number of ether oxygens (including phenoxy) is 1. The minimum Gasteiger partial charge on any atom is -0.388 e. The fraction of sp³-hybridized carbons (Fsp3) is 0.643. The van der Waals surface area contributed by atoms with Crippen molar-refractivity contribution < 1.29 is 14.9 Å². The van der Waals surface area contributed by atoms with Gasteiger partial charge in [-0.1, -0.05) is 0 Å². The average Bonchev–Trinajstić information content (AvgIpc) is 2.70. The topological polar surface area (TPSA) is 93.7 Å². The molecule has 1 aromatic heterocycles. The van der Waals surface area contributed by atoms with E-state index in [1.165, 1.54) is 19.3 Å². The summed E-state index contributed by atoms with van der Waals surface area (Å²) in [5.74, 6) is 0. The Labute approximate surface area is 128 Å². The van der Waals surface area contributed by atoms with E-state index in [9.17, 15) is 19.8 Å². The predicted octanol–water partition coefficient (Wildman–Crippen LogP) is -0.734. The first-order valence-electron chi connectivity index (χ1n) is 7.09. The van der Waals surface area contributed by atoms with Crippen LogP contribution in [0.25, 0.3) is 0 Å². The van der Waals surface area contributed by atoms with Crippen molar-refractivity contribution in [3.63, 3.8) is 0 Å². The highest BCUT2D eigenvalue weighted by atomic mass is 31.2. The summed E-state index contributed by atoms with van der Waals surface area (Å²) >= 11 is 0. The third kappa shape index (κ3) is 3.43. The molecule has 8 heteroatoms. The summed E-state index contributed by atoms with van der Waals surface area (Å²) in [6, 6.07) is 1.22. The number of aliphatic hydroxyl groups is 2. The first-order valence-corrected chi connectivity index (χ1v) is 10.1. The standard InChI is InChI=1S/C14H23N2O5P/c1-15-10(17)5-7-16(14(15)20)13-12(19)11(18)9(21-13)6-8-22(2,3)4/h5,7,9,11-13,18-19H,2,6,8H2,1,3-4H3/t9?,11-,12-,13?/m1/s1. The second kappa shape index (κ2) is 6.16. The van der Waals surface area contributed by atoms with Crippen LogP contribution in [0, 0.1) is 0 Å². The maximum Gasteiger partial charge on any atom is 0.332 e. The van der Waals surface area contributed by atoms with E-state index in [1.807, 2.05) is 0 Å². The van der Waals surface area contributed by atoms with Gasteiger partial charge in [0, 0.05) is 19.3 Å². The molecule has 2 N–H and O–H groups in total. The first kappa shape index (κ1) is 17.2. The number of nitrogens with zero attached hydrogens (tertiary/aromatic N) is 2. The minimum absolute atomic E-state index is 0.436. The van der Waals surface area contributed by atoms with Gasteiger partial charge in [0.15, 0.2) is 6.23 Å². The maximum atomic E-state index is 12.1. The quantitative estimate of drug-likeness (QED) is 0.710. The molecule has 2 heterocycles. The molecule has 2 rings (SSSR count). The molecule has 0 amide bonds. The van der Waals surface area contributed by atoms with E-state index in [1.54, 1.807) is 0 Å². The molecule has 0 bridgehead atoms. The van der Waals surface area contributed by atoms with Crippen LogP contribution in [0.5, 0.6) is 0 Å². The number of aliphatic hydroxyl groups excluding tert-OH is 2. The van der Waals surface area contributed by atoms with Crippen molar-refractivity contribution in [2.75, 3.05) is 19.5 Å². The van der Waals surface area contributed by atoms with Crippen molar-refractivity contribution in [2.45, 2.75) is 31.0 Å². The Morgan fingerprint density at radius 2 is 1.95 bits per heavy atom. The lowest BCUT2D eigenvalue weighted by Gasteiger charge is -2.19. The number of hydrogen-bond acceptors (Lipinski definition) is 5. The van der Waals surface area contributed by atoms with Gasteiger partial charge < -0.3 is 14.9 Å². The Bertz CT molecular complexity index is 704. The van der Waals surface area contributed by atoms with Crippen LogP contribution in [0.3, 0.4) is 0 Å². The van der Waals surface area contributed by atoms with E-state index in [2.05, 4.69) is 19.6 Å². The summed E-state index contributed by atoms with van der Waals surface area (Å²) in [5.41, 5.74) is -1.02. The fourth-order valence-corrected chi connectivity index (χ4v) is 3.41. The van der Waals surface area contributed by atoms with Crippen LogP contribution in [-0.2, 0) is 11.8 Å². The van der Waals surface area contributed by atoms with E-state index in [4.69, 9.17) is 4.74 Å². The molecular weight excluding hydrogens is 307 g/mol. The summed E-state index contributed by atoms with van der Waals surface area (Å²) in [7, 11) is 1.35. The molecule has 22 heavy (non-hydrogen) atoms. The summed E-state index contributed by atoms with van der Waals surface area (Å²) in [4.78, 5) is 23.5. The van der Waals surface area contributed by atoms with Crippen LogP contribution in [0.2, 0.25) is 0 Å². The molecule has 0 saturated carbocycles. The largest absolute Gasteiger partial charge is 0.388 e. The maximum absolute atomic E-state index is 12.1. The van der Waals surface area contributed by atoms with Gasteiger partial charge in [0.25, 0.3) is 5.56 Å². The zero-order valence-corrected chi connectivity index (χ0v) is 13.9. The molecule has 1 aliphatic rings. The Kier molecular flexibility index (Phi) is 4.82. The molecule has 0 radical (unpaired) electrons. The molecule has 4 atom stereocenters. The molecule has 124 valence electrons. The number of hydrogen-bond donors (Lipinski definition) is 2. The minimum atomic E-state index is -1.27. The fourth-order valence-electron chi connectivity index (χ4n) is 2.46. The van der Waals surface area contributed by atoms with Crippen LogP contribution in [0.1, 0.15) is 12.6 Å². The highest BCUT2D eigenvalue weighted by Gasteiger charge is 2.43. The van der Waals surface area contributed by atoms with E-state index in [0.717, 1.165) is 15.3 Å². The SMILES string of the molecule is C=P(C)(C)CCC1OC(n2ccc(=O)n(C)c2=O)[C@H](O)[C@@H]1O. The lowest BCUT2D eigenvalue weighted by atomic mass is 10.1. The van der Waals surface area contributed by atoms with Gasteiger partial charge in [0.2, 0.25) is 0 Å². The van der Waals surface area contributed by atoms with Gasteiger partial charge in [0.1, 0.15) is 12.2 Å². The van der Waals surface area contributed by atoms with Gasteiger partial charge in [0.05, 0.1) is 6.10 Å². The van der Waals surface area contributed by atoms with Gasteiger partial charge in [-0.2, -0.15) is 0 Å². The van der Waals surface area contributed by atoms with E-state index in [-0.39, 0.29) is 0 Å². The first-order chi connectivity index (χ1) is 10.1. The second-order valence-corrected chi connectivity index (χ2v) is 10.7. The van der Waals surface area contributed by atoms with E-state index >= 15 is 0 Å². The third-order valence-electron chi connectivity index (χ3n) is 3.85. The molecule has 0 spiro atoms. The van der Waals surface area contributed by atoms with Crippen molar-refractivity contribution in [1.29, 1.82) is 0 Å². The van der Waals surface area contributed by atoms with Crippen LogP contribution in [-0.4, -0.2) is 63.5 Å². The van der Waals surface area contributed by atoms with Crippen LogP contribution >= 0.6 is 6.89 Å². The number of rotatable bonds is 4. The van der Waals surface area contributed by atoms with Crippen LogP contribution in [0.4, 0.5) is 0 Å². The normalized spacial score (nSPS) is 29.0. The molecule has 1 saturated heterocycles. The third-order valence-corrected chi connectivity index (χ3v) is 5.32. The zero-order chi connectivity index (χ0) is 16.7.